The molecule has 1 atom stereocenters. The third-order valence-electron chi connectivity index (χ3n) is 4.83. The van der Waals surface area contributed by atoms with Crippen molar-refractivity contribution in [3.8, 4) is 0 Å². The van der Waals surface area contributed by atoms with Gasteiger partial charge in [-0.25, -0.2) is 4.98 Å². The van der Waals surface area contributed by atoms with Gasteiger partial charge in [0.1, 0.15) is 4.88 Å². The summed E-state index contributed by atoms with van der Waals surface area (Å²) in [5, 5.41) is 4.54. The number of amides is 2. The van der Waals surface area contributed by atoms with Gasteiger partial charge in [0, 0.05) is 30.9 Å². The Bertz CT molecular complexity index is 1020. The van der Waals surface area contributed by atoms with Crippen LogP contribution in [0.5, 0.6) is 0 Å². The second kappa shape index (κ2) is 7.73. The molecule has 1 fully saturated rings. The summed E-state index contributed by atoms with van der Waals surface area (Å²) in [5.74, 6) is -0.332. The van der Waals surface area contributed by atoms with Crippen LogP contribution < -0.4 is 10.2 Å². The number of anilines is 2. The Morgan fingerprint density at radius 3 is 3.00 bits per heavy atom. The van der Waals surface area contributed by atoms with Gasteiger partial charge in [0.05, 0.1) is 18.3 Å². The fourth-order valence-corrected chi connectivity index (χ4v) is 4.37. The average Bonchev–Trinajstić information content (AvgIpc) is 3.39. The van der Waals surface area contributed by atoms with Crippen LogP contribution in [0.25, 0.3) is 10.9 Å². The Morgan fingerprint density at radius 2 is 2.25 bits per heavy atom. The van der Waals surface area contributed by atoms with Gasteiger partial charge in [0.15, 0.2) is 5.13 Å². The number of nitrogens with zero attached hydrogens (tertiary/aromatic N) is 2. The summed E-state index contributed by atoms with van der Waals surface area (Å²) in [6.07, 6.45) is 3.83. The molecule has 0 aliphatic carbocycles. The van der Waals surface area contributed by atoms with Crippen LogP contribution in [0.4, 0.5) is 10.8 Å². The molecule has 28 heavy (non-hydrogen) atoms. The van der Waals surface area contributed by atoms with E-state index in [1.165, 1.54) is 18.3 Å². The van der Waals surface area contributed by atoms with E-state index in [4.69, 9.17) is 4.74 Å². The molecule has 2 N–H and O–H groups in total. The second-order valence-corrected chi connectivity index (χ2v) is 7.89. The fraction of sp³-hybridized carbons (Fsp3) is 0.350. The molecule has 0 radical (unpaired) electrons. The third-order valence-corrected chi connectivity index (χ3v) is 6.00. The number of H-pyrrole nitrogens is 1. The van der Waals surface area contributed by atoms with Crippen LogP contribution in [-0.4, -0.2) is 41.0 Å². The van der Waals surface area contributed by atoms with E-state index in [0.29, 0.717) is 27.9 Å². The maximum absolute atomic E-state index is 12.8. The molecule has 1 aromatic carbocycles. The second-order valence-electron chi connectivity index (χ2n) is 6.91. The predicted molar refractivity (Wildman–Crippen MR) is 110 cm³/mol. The lowest BCUT2D eigenvalue weighted by atomic mass is 10.2. The molecule has 3 heterocycles. The number of hydrogen-bond donors (Lipinski definition) is 2. The summed E-state index contributed by atoms with van der Waals surface area (Å²) < 4.78 is 5.65. The highest BCUT2D eigenvalue weighted by atomic mass is 32.1. The van der Waals surface area contributed by atoms with E-state index in [2.05, 4.69) is 15.3 Å². The zero-order chi connectivity index (χ0) is 19.7. The molecule has 1 unspecified atom stereocenters. The summed E-state index contributed by atoms with van der Waals surface area (Å²) in [5.41, 5.74) is 2.27. The van der Waals surface area contributed by atoms with Crippen molar-refractivity contribution in [2.75, 3.05) is 23.4 Å². The Kier molecular flexibility index (Phi) is 5.15. The summed E-state index contributed by atoms with van der Waals surface area (Å²) in [6, 6.07) is 7.69. The SMILES string of the molecule is CC(=O)N(CC1CCCO1)c1nc(C)c(C(=O)Nc2ccc3cc[nH]c3c2)s1. The van der Waals surface area contributed by atoms with Crippen molar-refractivity contribution in [1.29, 1.82) is 0 Å². The van der Waals surface area contributed by atoms with E-state index in [9.17, 15) is 9.59 Å². The van der Waals surface area contributed by atoms with Gasteiger partial charge in [-0.3, -0.25) is 14.5 Å². The molecule has 8 heteroatoms. The molecule has 0 spiro atoms. The zero-order valence-corrected chi connectivity index (χ0v) is 16.6. The van der Waals surface area contributed by atoms with Gasteiger partial charge >= 0.3 is 0 Å². The van der Waals surface area contributed by atoms with E-state index in [1.807, 2.05) is 30.5 Å². The number of aromatic nitrogens is 2. The smallest absolute Gasteiger partial charge is 0.267 e. The molecule has 0 saturated carbocycles. The van der Waals surface area contributed by atoms with E-state index < -0.39 is 0 Å². The van der Waals surface area contributed by atoms with Crippen molar-refractivity contribution in [2.45, 2.75) is 32.8 Å². The molecule has 1 saturated heterocycles. The van der Waals surface area contributed by atoms with Crippen LogP contribution in [0.1, 0.15) is 35.1 Å². The maximum atomic E-state index is 12.8. The number of aryl methyl sites for hydroxylation is 1. The highest BCUT2D eigenvalue weighted by molar-refractivity contribution is 7.17. The number of rotatable bonds is 5. The molecule has 0 bridgehead atoms. The summed E-state index contributed by atoms with van der Waals surface area (Å²) in [6.45, 7) is 4.49. The van der Waals surface area contributed by atoms with Crippen molar-refractivity contribution in [1.82, 2.24) is 9.97 Å². The van der Waals surface area contributed by atoms with Crippen molar-refractivity contribution in [3.05, 3.63) is 41.0 Å². The van der Waals surface area contributed by atoms with Crippen molar-refractivity contribution in [2.24, 2.45) is 0 Å². The van der Waals surface area contributed by atoms with E-state index >= 15 is 0 Å². The number of nitrogens with one attached hydrogen (secondary N) is 2. The number of carbonyl (C=O) groups excluding carboxylic acids is 2. The maximum Gasteiger partial charge on any atom is 0.267 e. The van der Waals surface area contributed by atoms with E-state index in [-0.39, 0.29) is 17.9 Å². The number of carbonyl (C=O) groups is 2. The minimum Gasteiger partial charge on any atom is -0.376 e. The molecule has 4 rings (SSSR count). The molecule has 7 nitrogen and oxygen atoms in total. The number of thiazole rings is 1. The number of ether oxygens (including phenoxy) is 1. The normalized spacial score (nSPS) is 16.4. The summed E-state index contributed by atoms with van der Waals surface area (Å²) >= 11 is 1.23. The minimum absolute atomic E-state index is 0.0258. The Morgan fingerprint density at radius 1 is 1.39 bits per heavy atom. The Labute approximate surface area is 166 Å². The van der Waals surface area contributed by atoms with Crippen molar-refractivity contribution < 1.29 is 14.3 Å². The van der Waals surface area contributed by atoms with Crippen LogP contribution in [0.3, 0.4) is 0 Å². The van der Waals surface area contributed by atoms with Gasteiger partial charge in [-0.15, -0.1) is 0 Å². The molecular weight excluding hydrogens is 376 g/mol. The van der Waals surface area contributed by atoms with Gasteiger partial charge in [-0.05, 0) is 43.4 Å². The fourth-order valence-electron chi connectivity index (χ4n) is 3.36. The number of benzene rings is 1. The zero-order valence-electron chi connectivity index (χ0n) is 15.8. The molecular formula is C20H22N4O3S. The number of aromatic amines is 1. The van der Waals surface area contributed by atoms with Gasteiger partial charge in [-0.2, -0.15) is 0 Å². The van der Waals surface area contributed by atoms with Crippen molar-refractivity contribution >= 4 is 44.9 Å². The lowest BCUT2D eigenvalue weighted by Crippen LogP contribution is -2.35. The van der Waals surface area contributed by atoms with E-state index in [0.717, 1.165) is 30.4 Å². The van der Waals surface area contributed by atoms with Gasteiger partial charge in [0.2, 0.25) is 5.91 Å². The first-order valence-corrected chi connectivity index (χ1v) is 10.1. The Hall–Kier alpha value is -2.71. The average molecular weight is 398 g/mol. The van der Waals surface area contributed by atoms with Crippen molar-refractivity contribution in [3.63, 3.8) is 0 Å². The highest BCUT2D eigenvalue weighted by Gasteiger charge is 2.26. The van der Waals surface area contributed by atoms with Crippen LogP contribution in [0.2, 0.25) is 0 Å². The van der Waals surface area contributed by atoms with E-state index in [1.54, 1.807) is 11.8 Å². The molecule has 3 aromatic rings. The molecule has 2 amide bonds. The van der Waals surface area contributed by atoms with Crippen LogP contribution in [-0.2, 0) is 9.53 Å². The topological polar surface area (TPSA) is 87.3 Å². The first-order valence-electron chi connectivity index (χ1n) is 9.27. The molecule has 146 valence electrons. The minimum atomic E-state index is -0.229. The molecule has 1 aliphatic rings. The van der Waals surface area contributed by atoms with Crippen LogP contribution >= 0.6 is 11.3 Å². The lowest BCUT2D eigenvalue weighted by Gasteiger charge is -2.21. The lowest BCUT2D eigenvalue weighted by molar-refractivity contribution is -0.116. The summed E-state index contributed by atoms with van der Waals surface area (Å²) in [4.78, 5) is 34.6. The standard InChI is InChI=1S/C20H22N4O3S/c1-12-18(19(26)23-15-6-5-14-7-8-21-17(14)10-15)28-20(22-12)24(13(2)25)11-16-4-3-9-27-16/h5-8,10,16,21H,3-4,9,11H2,1-2H3,(H,23,26). The van der Waals surface area contributed by atoms with Gasteiger partial charge in [-0.1, -0.05) is 17.4 Å². The molecule has 1 aliphatic heterocycles. The predicted octanol–water partition coefficient (Wildman–Crippen LogP) is 3.72. The van der Waals surface area contributed by atoms with Gasteiger partial charge < -0.3 is 15.0 Å². The first kappa shape index (κ1) is 18.6. The Balaban J connectivity index is 1.53. The number of hydrogen-bond acceptors (Lipinski definition) is 5. The highest BCUT2D eigenvalue weighted by Crippen LogP contribution is 2.29. The van der Waals surface area contributed by atoms with Gasteiger partial charge in [0.25, 0.3) is 5.91 Å². The molecule has 2 aromatic heterocycles. The number of fused-ring (bicyclic) bond motifs is 1. The quantitative estimate of drug-likeness (QED) is 0.686. The third kappa shape index (κ3) is 3.79. The monoisotopic (exact) mass is 398 g/mol. The first-order chi connectivity index (χ1) is 13.5. The van der Waals surface area contributed by atoms with Crippen LogP contribution in [0, 0.1) is 6.92 Å². The van der Waals surface area contributed by atoms with Crippen LogP contribution in [0.15, 0.2) is 30.5 Å². The summed E-state index contributed by atoms with van der Waals surface area (Å²) in [7, 11) is 0. The largest absolute Gasteiger partial charge is 0.376 e.